The number of aliphatic carboxylic acids is 1. The molecule has 4 rings (SSSR count). The third-order valence-electron chi connectivity index (χ3n) is 5.18. The number of carbonyl (C=O) groups is 2. The Morgan fingerprint density at radius 3 is 2.97 bits per heavy atom. The molecule has 0 atom stereocenters. The first-order valence-electron chi connectivity index (χ1n) is 10.2. The normalized spacial score (nSPS) is 16.6. The molecule has 2 aromatic rings. The minimum Gasteiger partial charge on any atom is -0.493 e. The number of amides is 1. The second-order valence-corrected chi connectivity index (χ2v) is 9.08. The van der Waals surface area contributed by atoms with Gasteiger partial charge in [0.15, 0.2) is 0 Å². The number of hydrogen-bond donors (Lipinski definition) is 1. The number of carbonyl (C=O) groups excluding carboxylic acids is 1. The molecular formula is C23H22N2O4S2. The molecule has 1 saturated heterocycles. The van der Waals surface area contributed by atoms with Gasteiger partial charge in [-0.15, -0.1) is 0 Å². The number of unbranched alkanes of at least 4 members (excludes halogenated alkanes) is 2. The Labute approximate surface area is 190 Å². The van der Waals surface area contributed by atoms with Gasteiger partial charge in [-0.05, 0) is 54.8 Å². The van der Waals surface area contributed by atoms with Crippen molar-refractivity contribution < 1.29 is 19.4 Å². The molecule has 0 aliphatic carbocycles. The summed E-state index contributed by atoms with van der Waals surface area (Å²) in [6.07, 6.45) is 4.91. The van der Waals surface area contributed by atoms with Crippen molar-refractivity contribution in [3.05, 3.63) is 52.6 Å². The summed E-state index contributed by atoms with van der Waals surface area (Å²) in [5.74, 6) is 0.0261. The number of thiocarbonyl (C=S) groups is 1. The van der Waals surface area contributed by atoms with Crippen molar-refractivity contribution in [1.29, 1.82) is 0 Å². The van der Waals surface area contributed by atoms with Crippen LogP contribution in [0.5, 0.6) is 5.75 Å². The van der Waals surface area contributed by atoms with E-state index in [1.54, 1.807) is 11.0 Å². The molecule has 2 aliphatic heterocycles. The van der Waals surface area contributed by atoms with Crippen LogP contribution in [0, 0.1) is 0 Å². The molecule has 0 saturated carbocycles. The van der Waals surface area contributed by atoms with Crippen molar-refractivity contribution in [2.75, 3.05) is 13.2 Å². The summed E-state index contributed by atoms with van der Waals surface area (Å²) in [5.41, 5.74) is 3.76. The monoisotopic (exact) mass is 454 g/mol. The van der Waals surface area contributed by atoms with Gasteiger partial charge in [0, 0.05) is 24.9 Å². The van der Waals surface area contributed by atoms with Crippen LogP contribution in [-0.2, 0) is 16.0 Å². The van der Waals surface area contributed by atoms with Gasteiger partial charge in [0.1, 0.15) is 10.1 Å². The maximum Gasteiger partial charge on any atom is 0.303 e. The van der Waals surface area contributed by atoms with Crippen LogP contribution < -0.4 is 4.74 Å². The molecule has 1 aromatic heterocycles. The number of aromatic nitrogens is 1. The zero-order chi connectivity index (χ0) is 21.8. The van der Waals surface area contributed by atoms with Crippen LogP contribution in [0.2, 0.25) is 0 Å². The second kappa shape index (κ2) is 9.62. The van der Waals surface area contributed by atoms with Crippen molar-refractivity contribution in [2.24, 2.45) is 0 Å². The Balaban J connectivity index is 1.44. The van der Waals surface area contributed by atoms with Gasteiger partial charge in [0.05, 0.1) is 22.9 Å². The SMILES string of the molecule is O=C(O)CCCCCN1C(=O)C(=Cc2cccc(-c3ccc4c(c3)CCO4)n2)SC1=S. The molecule has 1 fully saturated rings. The lowest BCUT2D eigenvalue weighted by Gasteiger charge is -2.13. The Hall–Kier alpha value is -2.71. The van der Waals surface area contributed by atoms with E-state index in [4.69, 9.17) is 27.0 Å². The van der Waals surface area contributed by atoms with E-state index in [2.05, 4.69) is 6.07 Å². The van der Waals surface area contributed by atoms with E-state index in [0.717, 1.165) is 36.3 Å². The number of fused-ring (bicyclic) bond motifs is 1. The maximum atomic E-state index is 12.8. The first-order chi connectivity index (χ1) is 15.0. The van der Waals surface area contributed by atoms with Crippen molar-refractivity contribution in [2.45, 2.75) is 32.1 Å². The summed E-state index contributed by atoms with van der Waals surface area (Å²) in [4.78, 5) is 30.3. The van der Waals surface area contributed by atoms with Crippen LogP contribution in [0.25, 0.3) is 17.3 Å². The molecule has 31 heavy (non-hydrogen) atoms. The van der Waals surface area contributed by atoms with Crippen LogP contribution in [0.1, 0.15) is 36.9 Å². The van der Waals surface area contributed by atoms with E-state index in [1.807, 2.05) is 30.3 Å². The van der Waals surface area contributed by atoms with Gasteiger partial charge in [0.2, 0.25) is 0 Å². The minimum absolute atomic E-state index is 0.116. The maximum absolute atomic E-state index is 12.8. The summed E-state index contributed by atoms with van der Waals surface area (Å²) >= 11 is 6.66. The standard InChI is InChI=1S/C23H22N2O4S2/c26-21(27)7-2-1-3-11-25-22(28)20(31-23(25)30)14-17-5-4-6-18(24-17)15-8-9-19-16(13-15)10-12-29-19/h4-6,8-9,13-14H,1-3,7,10-12H2,(H,26,27). The predicted molar refractivity (Wildman–Crippen MR) is 125 cm³/mol. The molecule has 8 heteroatoms. The van der Waals surface area contributed by atoms with Gasteiger partial charge in [-0.25, -0.2) is 4.98 Å². The third-order valence-corrected chi connectivity index (χ3v) is 6.56. The number of carboxylic acid groups (broad SMARTS) is 1. The van der Waals surface area contributed by atoms with E-state index < -0.39 is 5.97 Å². The number of benzene rings is 1. The molecule has 0 radical (unpaired) electrons. The van der Waals surface area contributed by atoms with E-state index in [1.165, 1.54) is 17.3 Å². The molecule has 1 aromatic carbocycles. The first kappa shape index (κ1) is 21.5. The largest absolute Gasteiger partial charge is 0.493 e. The van der Waals surface area contributed by atoms with Crippen molar-refractivity contribution in [1.82, 2.24) is 9.88 Å². The van der Waals surface area contributed by atoms with E-state index in [0.29, 0.717) is 34.5 Å². The minimum atomic E-state index is -0.795. The molecular weight excluding hydrogens is 432 g/mol. The molecule has 1 amide bonds. The smallest absolute Gasteiger partial charge is 0.303 e. The Morgan fingerprint density at radius 1 is 1.26 bits per heavy atom. The van der Waals surface area contributed by atoms with Gasteiger partial charge in [-0.2, -0.15) is 0 Å². The fourth-order valence-electron chi connectivity index (χ4n) is 3.59. The number of thioether (sulfide) groups is 1. The van der Waals surface area contributed by atoms with E-state index >= 15 is 0 Å². The molecule has 6 nitrogen and oxygen atoms in total. The zero-order valence-corrected chi connectivity index (χ0v) is 18.5. The first-order valence-corrected chi connectivity index (χ1v) is 11.4. The number of hydrogen-bond acceptors (Lipinski definition) is 6. The highest BCUT2D eigenvalue weighted by Gasteiger charge is 2.31. The van der Waals surface area contributed by atoms with Gasteiger partial charge >= 0.3 is 5.97 Å². The second-order valence-electron chi connectivity index (χ2n) is 7.41. The molecule has 0 spiro atoms. The number of pyridine rings is 1. The number of rotatable bonds is 8. The summed E-state index contributed by atoms with van der Waals surface area (Å²) in [6, 6.07) is 11.8. The van der Waals surface area contributed by atoms with Gasteiger partial charge < -0.3 is 9.84 Å². The summed E-state index contributed by atoms with van der Waals surface area (Å²) < 4.78 is 6.10. The van der Waals surface area contributed by atoms with E-state index in [-0.39, 0.29) is 12.3 Å². The van der Waals surface area contributed by atoms with Gasteiger partial charge in [-0.3, -0.25) is 14.5 Å². The Kier molecular flexibility index (Phi) is 6.67. The van der Waals surface area contributed by atoms with Gasteiger partial charge in [-0.1, -0.05) is 36.5 Å². The molecule has 160 valence electrons. The van der Waals surface area contributed by atoms with Gasteiger partial charge in [0.25, 0.3) is 5.91 Å². The molecule has 1 N–H and O–H groups in total. The topological polar surface area (TPSA) is 79.7 Å². The number of carboxylic acids is 1. The molecule has 0 bridgehead atoms. The fraction of sp³-hybridized carbons (Fsp3) is 0.304. The molecule has 2 aliphatic rings. The zero-order valence-electron chi connectivity index (χ0n) is 16.9. The van der Waals surface area contributed by atoms with Crippen LogP contribution in [0.4, 0.5) is 0 Å². The summed E-state index contributed by atoms with van der Waals surface area (Å²) in [5, 5.41) is 8.71. The lowest BCUT2D eigenvalue weighted by Crippen LogP contribution is -2.29. The predicted octanol–water partition coefficient (Wildman–Crippen LogP) is 4.53. The average molecular weight is 455 g/mol. The lowest BCUT2D eigenvalue weighted by atomic mass is 10.1. The third kappa shape index (κ3) is 5.14. The lowest BCUT2D eigenvalue weighted by molar-refractivity contribution is -0.137. The highest BCUT2D eigenvalue weighted by molar-refractivity contribution is 8.26. The molecule has 0 unspecified atom stereocenters. The summed E-state index contributed by atoms with van der Waals surface area (Å²) in [6.45, 7) is 1.22. The van der Waals surface area contributed by atoms with Crippen LogP contribution in [0.3, 0.4) is 0 Å². The Morgan fingerprint density at radius 2 is 2.13 bits per heavy atom. The van der Waals surface area contributed by atoms with Crippen molar-refractivity contribution in [3.8, 4) is 17.0 Å². The van der Waals surface area contributed by atoms with Crippen LogP contribution in [0.15, 0.2) is 41.3 Å². The average Bonchev–Trinajstić information content (AvgIpc) is 3.32. The number of ether oxygens (including phenoxy) is 1. The molecule has 3 heterocycles. The van der Waals surface area contributed by atoms with Crippen molar-refractivity contribution in [3.63, 3.8) is 0 Å². The van der Waals surface area contributed by atoms with Crippen LogP contribution >= 0.6 is 24.0 Å². The Bertz CT molecular complexity index is 1070. The number of nitrogens with zero attached hydrogens (tertiary/aromatic N) is 2. The van der Waals surface area contributed by atoms with E-state index in [9.17, 15) is 9.59 Å². The summed E-state index contributed by atoms with van der Waals surface area (Å²) in [7, 11) is 0. The quantitative estimate of drug-likeness (QED) is 0.357. The highest BCUT2D eigenvalue weighted by Crippen LogP contribution is 2.33. The van der Waals surface area contributed by atoms with Crippen LogP contribution in [-0.4, -0.2) is 44.3 Å². The highest BCUT2D eigenvalue weighted by atomic mass is 32.2. The fourth-order valence-corrected chi connectivity index (χ4v) is 4.88. The van der Waals surface area contributed by atoms with Crippen molar-refractivity contribution >= 4 is 46.3 Å².